The maximum Gasteiger partial charge on any atom is 0.251 e. The van der Waals surface area contributed by atoms with Gasteiger partial charge in [0.2, 0.25) is 0 Å². The third kappa shape index (κ3) is 3.93. The molecule has 0 aromatic heterocycles. The number of rotatable bonds is 4. The van der Waals surface area contributed by atoms with Crippen LogP contribution in [0.25, 0.3) is 11.1 Å². The first kappa shape index (κ1) is 17.5. The zero-order valence-electron chi connectivity index (χ0n) is 15.3. The van der Waals surface area contributed by atoms with Gasteiger partial charge in [-0.15, -0.1) is 0 Å². The van der Waals surface area contributed by atoms with Gasteiger partial charge in [0.15, 0.2) is 0 Å². The molecular formula is C24H24N2O. The molecule has 1 amide bonds. The van der Waals surface area contributed by atoms with E-state index in [1.165, 1.54) is 16.7 Å². The van der Waals surface area contributed by atoms with E-state index in [1.54, 1.807) is 0 Å². The van der Waals surface area contributed by atoms with Crippen LogP contribution in [-0.2, 0) is 19.4 Å². The second kappa shape index (κ2) is 7.77. The molecule has 1 aliphatic rings. The fraction of sp³-hybridized carbons (Fsp3) is 0.208. The number of aryl methyl sites for hydroxylation is 1. The standard InChI is InChI=1S/C24H24N2O/c25-16-17-6-7-22-15-23(13-12-21(22)14-17)26-24(27)20-10-8-19(9-11-20)18-4-2-1-3-5-18/h1-11,14,23H,12-13,15-16,25H2,(H,26,27). The van der Waals surface area contributed by atoms with Gasteiger partial charge in [0, 0.05) is 18.2 Å². The first-order chi connectivity index (χ1) is 13.2. The molecule has 0 radical (unpaired) electrons. The summed E-state index contributed by atoms with van der Waals surface area (Å²) in [7, 11) is 0. The quantitative estimate of drug-likeness (QED) is 0.739. The van der Waals surface area contributed by atoms with E-state index < -0.39 is 0 Å². The summed E-state index contributed by atoms with van der Waals surface area (Å²) in [6.07, 6.45) is 2.84. The van der Waals surface area contributed by atoms with Crippen LogP contribution in [0, 0.1) is 0 Å². The van der Waals surface area contributed by atoms with Crippen LogP contribution >= 0.6 is 0 Å². The molecule has 3 aromatic carbocycles. The van der Waals surface area contributed by atoms with Gasteiger partial charge in [-0.25, -0.2) is 0 Å². The van der Waals surface area contributed by atoms with Crippen molar-refractivity contribution in [3.8, 4) is 11.1 Å². The molecule has 0 fully saturated rings. The highest BCUT2D eigenvalue weighted by atomic mass is 16.1. The maximum absolute atomic E-state index is 12.6. The van der Waals surface area contributed by atoms with E-state index >= 15 is 0 Å². The number of nitrogens with two attached hydrogens (primary N) is 1. The predicted molar refractivity (Wildman–Crippen MR) is 109 cm³/mol. The largest absolute Gasteiger partial charge is 0.349 e. The van der Waals surface area contributed by atoms with E-state index in [0.717, 1.165) is 30.4 Å². The number of carbonyl (C=O) groups excluding carboxylic acids is 1. The Hall–Kier alpha value is -2.91. The summed E-state index contributed by atoms with van der Waals surface area (Å²) in [5.74, 6) is 0.00152. The monoisotopic (exact) mass is 356 g/mol. The summed E-state index contributed by atoms with van der Waals surface area (Å²) in [4.78, 5) is 12.6. The second-order valence-electron chi connectivity index (χ2n) is 7.16. The van der Waals surface area contributed by atoms with Gasteiger partial charge in [-0.2, -0.15) is 0 Å². The van der Waals surface area contributed by atoms with Crippen molar-refractivity contribution in [2.75, 3.05) is 0 Å². The molecule has 0 spiro atoms. The highest BCUT2D eigenvalue weighted by Crippen LogP contribution is 2.23. The zero-order valence-corrected chi connectivity index (χ0v) is 15.3. The van der Waals surface area contributed by atoms with E-state index in [9.17, 15) is 4.79 Å². The number of hydrogen-bond donors (Lipinski definition) is 2. The SMILES string of the molecule is NCc1ccc2c(c1)CCC(NC(=O)c1ccc(-c3ccccc3)cc1)C2. The molecular weight excluding hydrogens is 332 g/mol. The second-order valence-corrected chi connectivity index (χ2v) is 7.16. The highest BCUT2D eigenvalue weighted by molar-refractivity contribution is 5.94. The lowest BCUT2D eigenvalue weighted by Gasteiger charge is -2.26. The van der Waals surface area contributed by atoms with Crippen molar-refractivity contribution in [2.45, 2.75) is 31.8 Å². The normalized spacial score (nSPS) is 15.8. The Kier molecular flexibility index (Phi) is 5.03. The first-order valence-corrected chi connectivity index (χ1v) is 9.50. The topological polar surface area (TPSA) is 55.1 Å². The number of amides is 1. The minimum atomic E-state index is 0.00152. The van der Waals surface area contributed by atoms with Crippen molar-refractivity contribution >= 4 is 5.91 Å². The Morgan fingerprint density at radius 3 is 2.41 bits per heavy atom. The van der Waals surface area contributed by atoms with Crippen LogP contribution in [0.2, 0.25) is 0 Å². The van der Waals surface area contributed by atoms with Crippen LogP contribution in [0.4, 0.5) is 0 Å². The average molecular weight is 356 g/mol. The van der Waals surface area contributed by atoms with Crippen LogP contribution in [-0.4, -0.2) is 11.9 Å². The number of fused-ring (bicyclic) bond motifs is 1. The molecule has 1 atom stereocenters. The summed E-state index contributed by atoms with van der Waals surface area (Å²) in [6.45, 7) is 0.576. The Morgan fingerprint density at radius 2 is 1.67 bits per heavy atom. The van der Waals surface area contributed by atoms with Gasteiger partial charge in [-0.3, -0.25) is 4.79 Å². The van der Waals surface area contributed by atoms with Crippen LogP contribution in [0.3, 0.4) is 0 Å². The Morgan fingerprint density at radius 1 is 0.926 bits per heavy atom. The first-order valence-electron chi connectivity index (χ1n) is 9.50. The Balaban J connectivity index is 1.42. The van der Waals surface area contributed by atoms with Crippen LogP contribution < -0.4 is 11.1 Å². The lowest BCUT2D eigenvalue weighted by Crippen LogP contribution is -2.38. The van der Waals surface area contributed by atoms with E-state index in [4.69, 9.17) is 5.73 Å². The zero-order chi connectivity index (χ0) is 18.6. The minimum Gasteiger partial charge on any atom is -0.349 e. The summed E-state index contributed by atoms with van der Waals surface area (Å²) in [5.41, 5.74) is 12.6. The minimum absolute atomic E-state index is 0.00152. The molecule has 0 saturated carbocycles. The molecule has 1 aliphatic carbocycles. The van der Waals surface area contributed by atoms with Gasteiger partial charge in [0.25, 0.3) is 5.91 Å². The van der Waals surface area contributed by atoms with Crippen LogP contribution in [0.5, 0.6) is 0 Å². The molecule has 3 N–H and O–H groups in total. The van der Waals surface area contributed by atoms with Crippen molar-refractivity contribution in [1.29, 1.82) is 0 Å². The lowest BCUT2D eigenvalue weighted by molar-refractivity contribution is 0.0933. The van der Waals surface area contributed by atoms with Gasteiger partial charge in [-0.1, -0.05) is 60.7 Å². The van der Waals surface area contributed by atoms with E-state index in [0.29, 0.717) is 12.1 Å². The van der Waals surface area contributed by atoms with E-state index in [1.807, 2.05) is 42.5 Å². The smallest absolute Gasteiger partial charge is 0.251 e. The van der Waals surface area contributed by atoms with Crippen LogP contribution in [0.1, 0.15) is 33.5 Å². The summed E-state index contributed by atoms with van der Waals surface area (Å²) in [6, 6.07) is 24.7. The molecule has 1 unspecified atom stereocenters. The Labute approximate surface area is 160 Å². The molecule has 27 heavy (non-hydrogen) atoms. The van der Waals surface area contributed by atoms with Gasteiger partial charge >= 0.3 is 0 Å². The average Bonchev–Trinajstić information content (AvgIpc) is 2.74. The van der Waals surface area contributed by atoms with Crippen molar-refractivity contribution in [3.05, 3.63) is 95.1 Å². The molecule has 3 aromatic rings. The predicted octanol–water partition coefficient (Wildman–Crippen LogP) is 4.10. The Bertz CT molecular complexity index is 932. The molecule has 0 heterocycles. The number of benzene rings is 3. The third-order valence-corrected chi connectivity index (χ3v) is 5.32. The van der Waals surface area contributed by atoms with Crippen molar-refractivity contribution in [2.24, 2.45) is 5.73 Å². The fourth-order valence-corrected chi connectivity index (χ4v) is 3.77. The van der Waals surface area contributed by atoms with E-state index in [2.05, 4.69) is 35.6 Å². The molecule has 0 bridgehead atoms. The summed E-state index contributed by atoms with van der Waals surface area (Å²) in [5, 5.41) is 3.20. The van der Waals surface area contributed by atoms with Gasteiger partial charge in [-0.05, 0) is 59.2 Å². The van der Waals surface area contributed by atoms with Gasteiger partial charge in [0.1, 0.15) is 0 Å². The fourth-order valence-electron chi connectivity index (χ4n) is 3.77. The summed E-state index contributed by atoms with van der Waals surface area (Å²) < 4.78 is 0. The molecule has 0 aliphatic heterocycles. The van der Waals surface area contributed by atoms with Crippen LogP contribution in [0.15, 0.2) is 72.8 Å². The molecule has 136 valence electrons. The summed E-state index contributed by atoms with van der Waals surface area (Å²) >= 11 is 0. The number of carbonyl (C=O) groups is 1. The molecule has 3 heteroatoms. The van der Waals surface area contributed by atoms with Crippen molar-refractivity contribution in [1.82, 2.24) is 5.32 Å². The van der Waals surface area contributed by atoms with Gasteiger partial charge in [0.05, 0.1) is 0 Å². The highest BCUT2D eigenvalue weighted by Gasteiger charge is 2.21. The molecule has 0 saturated heterocycles. The molecule has 3 nitrogen and oxygen atoms in total. The van der Waals surface area contributed by atoms with Crippen molar-refractivity contribution < 1.29 is 4.79 Å². The maximum atomic E-state index is 12.6. The van der Waals surface area contributed by atoms with Gasteiger partial charge < -0.3 is 11.1 Å². The number of nitrogens with one attached hydrogen (secondary N) is 1. The number of hydrogen-bond acceptors (Lipinski definition) is 2. The lowest BCUT2D eigenvalue weighted by atomic mass is 9.87. The van der Waals surface area contributed by atoms with Crippen molar-refractivity contribution in [3.63, 3.8) is 0 Å². The van der Waals surface area contributed by atoms with E-state index in [-0.39, 0.29) is 11.9 Å². The third-order valence-electron chi connectivity index (χ3n) is 5.32. The molecule has 4 rings (SSSR count).